The Bertz CT molecular complexity index is 716. The van der Waals surface area contributed by atoms with Gasteiger partial charge in [0.25, 0.3) is 0 Å². The molecule has 2 fully saturated rings. The summed E-state index contributed by atoms with van der Waals surface area (Å²) in [5.74, 6) is 1.05. The first-order chi connectivity index (χ1) is 12.2. The molecule has 2 aromatic rings. The molecule has 25 heavy (non-hydrogen) atoms. The molecule has 2 aliphatic heterocycles. The molecule has 134 valence electrons. The molecule has 0 radical (unpaired) electrons. The molecule has 3 atom stereocenters. The summed E-state index contributed by atoms with van der Waals surface area (Å²) in [7, 11) is 0. The number of pyridine rings is 1. The van der Waals surface area contributed by atoms with E-state index in [-0.39, 0.29) is 11.9 Å². The number of hydrogen-bond acceptors (Lipinski definition) is 4. The number of aromatic amines is 1. The minimum absolute atomic E-state index is 0.0984. The van der Waals surface area contributed by atoms with Crippen molar-refractivity contribution in [2.45, 2.75) is 51.1 Å². The summed E-state index contributed by atoms with van der Waals surface area (Å²) in [6.45, 7) is 5.97. The first-order valence-electron chi connectivity index (χ1n) is 9.41. The minimum Gasteiger partial charge on any atom is -0.343 e. The lowest BCUT2D eigenvalue weighted by Gasteiger charge is -2.34. The second kappa shape index (κ2) is 6.77. The Morgan fingerprint density at radius 2 is 2.12 bits per heavy atom. The predicted octanol–water partition coefficient (Wildman–Crippen LogP) is 2.16. The van der Waals surface area contributed by atoms with Crippen LogP contribution in [0.2, 0.25) is 0 Å². The van der Waals surface area contributed by atoms with Gasteiger partial charge in [0.2, 0.25) is 5.91 Å². The van der Waals surface area contributed by atoms with Crippen LogP contribution in [0.15, 0.2) is 24.4 Å². The maximum absolute atomic E-state index is 12.9. The van der Waals surface area contributed by atoms with E-state index in [2.05, 4.69) is 46.8 Å². The summed E-state index contributed by atoms with van der Waals surface area (Å²) >= 11 is 0. The normalized spacial score (nSPS) is 27.9. The number of hydrogen-bond donors (Lipinski definition) is 3. The predicted molar refractivity (Wildman–Crippen MR) is 98.0 cm³/mol. The molecule has 2 saturated heterocycles. The third-order valence-electron chi connectivity index (χ3n) is 5.95. The lowest BCUT2D eigenvalue weighted by atomic mass is 9.91. The summed E-state index contributed by atoms with van der Waals surface area (Å²) in [6, 6.07) is 6.55. The second-order valence-electron chi connectivity index (χ2n) is 7.41. The van der Waals surface area contributed by atoms with E-state index in [0.717, 1.165) is 43.4 Å². The van der Waals surface area contributed by atoms with Crippen LogP contribution in [0.3, 0.4) is 0 Å². The van der Waals surface area contributed by atoms with Gasteiger partial charge in [-0.05, 0) is 43.4 Å². The van der Waals surface area contributed by atoms with Crippen molar-refractivity contribution in [1.29, 1.82) is 0 Å². The molecular formula is C19H27N5O. The van der Waals surface area contributed by atoms with Crippen molar-refractivity contribution in [3.8, 4) is 0 Å². The van der Waals surface area contributed by atoms with Crippen molar-refractivity contribution in [3.63, 3.8) is 0 Å². The van der Waals surface area contributed by atoms with E-state index < -0.39 is 0 Å². The van der Waals surface area contributed by atoms with E-state index in [0.29, 0.717) is 17.9 Å². The highest BCUT2D eigenvalue weighted by atomic mass is 16.2. The number of aromatic nitrogens is 2. The second-order valence-corrected chi connectivity index (χ2v) is 7.41. The number of nitrogens with one attached hydrogen (secondary N) is 3. The first-order valence-corrected chi connectivity index (χ1v) is 9.41. The third kappa shape index (κ3) is 3.04. The molecule has 0 saturated carbocycles. The average Bonchev–Trinajstić information content (AvgIpc) is 3.24. The van der Waals surface area contributed by atoms with E-state index in [1.165, 1.54) is 5.69 Å². The number of carbonyl (C=O) groups is 1. The van der Waals surface area contributed by atoms with Crippen molar-refractivity contribution >= 4 is 16.9 Å². The molecule has 3 unspecified atom stereocenters. The molecule has 3 N–H and O–H groups in total. The Morgan fingerprint density at radius 1 is 1.32 bits per heavy atom. The zero-order chi connectivity index (χ0) is 17.4. The van der Waals surface area contributed by atoms with Gasteiger partial charge >= 0.3 is 0 Å². The van der Waals surface area contributed by atoms with Crippen molar-refractivity contribution in [3.05, 3.63) is 30.1 Å². The summed E-state index contributed by atoms with van der Waals surface area (Å²) in [6.07, 6.45) is 4.86. The fourth-order valence-corrected chi connectivity index (χ4v) is 4.26. The van der Waals surface area contributed by atoms with Gasteiger partial charge in [-0.25, -0.2) is 10.4 Å². The van der Waals surface area contributed by atoms with Gasteiger partial charge in [0, 0.05) is 42.3 Å². The van der Waals surface area contributed by atoms with E-state index in [4.69, 9.17) is 0 Å². The standard InChI is InChI=1S/C19H27N5O/c1-3-15-12(2)17(23-22-15)19(25)24-9-6-13(7-10-24)16-11-14-5-4-8-20-18(14)21-16/h4-5,8,11-13,15,17,22-23H,3,6-7,9-10H2,1-2H3,(H,20,21). The molecular weight excluding hydrogens is 314 g/mol. The van der Waals surface area contributed by atoms with Crippen LogP contribution in [-0.4, -0.2) is 45.9 Å². The highest BCUT2D eigenvalue weighted by Crippen LogP contribution is 2.30. The van der Waals surface area contributed by atoms with E-state index in [9.17, 15) is 4.79 Å². The highest BCUT2D eigenvalue weighted by Gasteiger charge is 2.39. The summed E-state index contributed by atoms with van der Waals surface area (Å²) < 4.78 is 0. The number of rotatable bonds is 3. The molecule has 4 rings (SSSR count). The molecule has 4 heterocycles. The van der Waals surface area contributed by atoms with Gasteiger partial charge in [0.1, 0.15) is 11.7 Å². The van der Waals surface area contributed by atoms with Crippen LogP contribution in [0.25, 0.3) is 11.0 Å². The van der Waals surface area contributed by atoms with Gasteiger partial charge < -0.3 is 9.88 Å². The molecule has 1 amide bonds. The van der Waals surface area contributed by atoms with Crippen LogP contribution < -0.4 is 10.9 Å². The summed E-state index contributed by atoms with van der Waals surface area (Å²) in [4.78, 5) is 22.7. The van der Waals surface area contributed by atoms with Crippen LogP contribution in [0, 0.1) is 5.92 Å². The van der Waals surface area contributed by atoms with Crippen LogP contribution in [-0.2, 0) is 4.79 Å². The largest absolute Gasteiger partial charge is 0.343 e. The average molecular weight is 341 g/mol. The van der Waals surface area contributed by atoms with Crippen LogP contribution in [0.4, 0.5) is 0 Å². The van der Waals surface area contributed by atoms with Gasteiger partial charge in [-0.2, -0.15) is 0 Å². The zero-order valence-corrected chi connectivity index (χ0v) is 15.0. The highest BCUT2D eigenvalue weighted by molar-refractivity contribution is 5.82. The number of fused-ring (bicyclic) bond motifs is 1. The van der Waals surface area contributed by atoms with Crippen molar-refractivity contribution < 1.29 is 4.79 Å². The van der Waals surface area contributed by atoms with Gasteiger partial charge in [0.05, 0.1) is 0 Å². The zero-order valence-electron chi connectivity index (χ0n) is 15.0. The van der Waals surface area contributed by atoms with E-state index >= 15 is 0 Å². The number of H-pyrrole nitrogens is 1. The molecule has 0 bridgehead atoms. The SMILES string of the molecule is CCC1NNC(C(=O)N2CCC(c3cc4cccnc4[nH]3)CC2)C1C. The quantitative estimate of drug-likeness (QED) is 0.800. The molecule has 2 aromatic heterocycles. The number of likely N-dealkylation sites (tertiary alicyclic amines) is 1. The van der Waals surface area contributed by atoms with Crippen LogP contribution in [0.5, 0.6) is 0 Å². The Hall–Kier alpha value is -1.92. The Balaban J connectivity index is 1.39. The van der Waals surface area contributed by atoms with E-state index in [1.54, 1.807) is 0 Å². The topological polar surface area (TPSA) is 73.0 Å². The maximum atomic E-state index is 12.9. The van der Waals surface area contributed by atoms with Crippen molar-refractivity contribution in [2.75, 3.05) is 13.1 Å². The van der Waals surface area contributed by atoms with E-state index in [1.807, 2.05) is 17.2 Å². The molecule has 0 aromatic carbocycles. The van der Waals surface area contributed by atoms with Gasteiger partial charge in [-0.1, -0.05) is 13.8 Å². The van der Waals surface area contributed by atoms with Crippen molar-refractivity contribution in [1.82, 2.24) is 25.7 Å². The third-order valence-corrected chi connectivity index (χ3v) is 5.95. The monoisotopic (exact) mass is 341 g/mol. The lowest BCUT2D eigenvalue weighted by molar-refractivity contribution is -0.135. The fourth-order valence-electron chi connectivity index (χ4n) is 4.26. The van der Waals surface area contributed by atoms with Crippen LogP contribution >= 0.6 is 0 Å². The fraction of sp³-hybridized carbons (Fsp3) is 0.579. The molecule has 6 nitrogen and oxygen atoms in total. The first kappa shape index (κ1) is 16.5. The maximum Gasteiger partial charge on any atom is 0.241 e. The van der Waals surface area contributed by atoms with Crippen LogP contribution in [0.1, 0.15) is 44.7 Å². The van der Waals surface area contributed by atoms with Gasteiger partial charge in [0.15, 0.2) is 0 Å². The molecule has 6 heteroatoms. The number of nitrogens with zero attached hydrogens (tertiary/aromatic N) is 2. The minimum atomic E-state index is -0.0984. The number of hydrazine groups is 1. The molecule has 0 aliphatic carbocycles. The lowest BCUT2D eigenvalue weighted by Crippen LogP contribution is -2.49. The summed E-state index contributed by atoms with van der Waals surface area (Å²) in [5.41, 5.74) is 8.68. The molecule has 2 aliphatic rings. The Labute approximate surface area is 148 Å². The van der Waals surface area contributed by atoms with Gasteiger partial charge in [-0.3, -0.25) is 10.2 Å². The number of amides is 1. The Kier molecular flexibility index (Phi) is 4.48. The van der Waals surface area contributed by atoms with Gasteiger partial charge in [-0.15, -0.1) is 0 Å². The number of carbonyl (C=O) groups excluding carboxylic acids is 1. The summed E-state index contributed by atoms with van der Waals surface area (Å²) in [5, 5.41) is 1.16. The molecule has 0 spiro atoms. The number of piperidine rings is 1. The van der Waals surface area contributed by atoms with Crippen molar-refractivity contribution in [2.24, 2.45) is 5.92 Å². The Morgan fingerprint density at radius 3 is 2.80 bits per heavy atom. The smallest absolute Gasteiger partial charge is 0.241 e.